The Kier molecular flexibility index (Phi) is 4.06. The number of nitrogens with zero attached hydrogens (tertiary/aromatic N) is 2. The zero-order valence-electron chi connectivity index (χ0n) is 9.93. The molecule has 5 heteroatoms. The number of rotatable bonds is 5. The van der Waals surface area contributed by atoms with Gasteiger partial charge in [0.1, 0.15) is 10.0 Å². The van der Waals surface area contributed by atoms with E-state index in [1.165, 1.54) is 0 Å². The van der Waals surface area contributed by atoms with Gasteiger partial charge < -0.3 is 10.1 Å². The Hall–Kier alpha value is -1.46. The van der Waals surface area contributed by atoms with Crippen LogP contribution < -0.4 is 5.32 Å². The first-order valence-electron chi connectivity index (χ1n) is 5.48. The van der Waals surface area contributed by atoms with Crippen LogP contribution in [-0.2, 0) is 17.8 Å². The van der Waals surface area contributed by atoms with Crippen molar-refractivity contribution in [1.82, 2.24) is 9.97 Å². The fourth-order valence-electron chi connectivity index (χ4n) is 1.49. The largest absolute Gasteiger partial charge is 0.378 e. The maximum atomic E-state index is 5.10. The number of pyridine rings is 1. The van der Waals surface area contributed by atoms with Gasteiger partial charge in [0.15, 0.2) is 0 Å². The number of methoxy groups -OCH3 is 1. The molecular weight excluding hydrogens is 234 g/mol. The van der Waals surface area contributed by atoms with E-state index in [-0.39, 0.29) is 0 Å². The molecule has 90 valence electrons. The van der Waals surface area contributed by atoms with Crippen LogP contribution in [-0.4, -0.2) is 17.1 Å². The van der Waals surface area contributed by atoms with Gasteiger partial charge in [-0.05, 0) is 18.6 Å². The number of nitrogens with one attached hydrogen (secondary N) is 1. The maximum absolute atomic E-state index is 5.10. The first kappa shape index (κ1) is 12.0. The zero-order chi connectivity index (χ0) is 12.1. The van der Waals surface area contributed by atoms with Gasteiger partial charge in [-0.1, -0.05) is 18.3 Å². The molecule has 0 saturated heterocycles. The van der Waals surface area contributed by atoms with Gasteiger partial charge in [-0.2, -0.15) is 0 Å². The van der Waals surface area contributed by atoms with Crippen molar-refractivity contribution in [2.75, 3.05) is 12.4 Å². The number of anilines is 2. The molecule has 0 aliphatic rings. The Morgan fingerprint density at radius 2 is 2.35 bits per heavy atom. The van der Waals surface area contributed by atoms with Crippen molar-refractivity contribution < 1.29 is 4.74 Å². The molecule has 0 spiro atoms. The summed E-state index contributed by atoms with van der Waals surface area (Å²) >= 11 is 1.63. The molecular formula is C12H15N3OS. The summed E-state index contributed by atoms with van der Waals surface area (Å²) < 4.78 is 5.10. The monoisotopic (exact) mass is 249 g/mol. The van der Waals surface area contributed by atoms with Crippen LogP contribution in [0.2, 0.25) is 0 Å². The second-order valence-electron chi connectivity index (χ2n) is 3.54. The Morgan fingerprint density at radius 3 is 3.00 bits per heavy atom. The Morgan fingerprint density at radius 1 is 1.47 bits per heavy atom. The van der Waals surface area contributed by atoms with Gasteiger partial charge in [-0.25, -0.2) is 4.98 Å². The molecule has 0 saturated carbocycles. The van der Waals surface area contributed by atoms with E-state index in [0.717, 1.165) is 27.8 Å². The van der Waals surface area contributed by atoms with E-state index in [2.05, 4.69) is 22.2 Å². The maximum Gasteiger partial charge on any atom is 0.121 e. The lowest BCUT2D eigenvalue weighted by molar-refractivity contribution is 0.184. The Bertz CT molecular complexity index is 470. The first-order valence-corrected chi connectivity index (χ1v) is 6.29. The number of ether oxygens (including phenoxy) is 1. The number of aromatic nitrogens is 2. The third-order valence-electron chi connectivity index (χ3n) is 2.26. The van der Waals surface area contributed by atoms with E-state index < -0.39 is 0 Å². The van der Waals surface area contributed by atoms with Crippen LogP contribution in [0.4, 0.5) is 10.7 Å². The van der Waals surface area contributed by atoms with E-state index in [1.807, 2.05) is 12.1 Å². The Labute approximate surface area is 105 Å². The van der Waals surface area contributed by atoms with Crippen molar-refractivity contribution in [1.29, 1.82) is 0 Å². The summed E-state index contributed by atoms with van der Waals surface area (Å²) in [6.07, 6.45) is 4.47. The van der Waals surface area contributed by atoms with Gasteiger partial charge in [-0.15, -0.1) is 0 Å². The van der Waals surface area contributed by atoms with Gasteiger partial charge in [0.25, 0.3) is 0 Å². The second kappa shape index (κ2) is 5.75. The third-order valence-corrected chi connectivity index (χ3v) is 3.25. The summed E-state index contributed by atoms with van der Waals surface area (Å²) in [5.41, 5.74) is 2.06. The molecule has 2 heterocycles. The average molecular weight is 249 g/mol. The predicted molar refractivity (Wildman–Crippen MR) is 69.7 cm³/mol. The lowest BCUT2D eigenvalue weighted by Gasteiger charge is -2.03. The van der Waals surface area contributed by atoms with Gasteiger partial charge >= 0.3 is 0 Å². The van der Waals surface area contributed by atoms with Crippen molar-refractivity contribution in [2.45, 2.75) is 20.0 Å². The summed E-state index contributed by atoms with van der Waals surface area (Å²) in [5.74, 6) is 0. The molecule has 0 radical (unpaired) electrons. The molecule has 0 aliphatic heterocycles. The van der Waals surface area contributed by atoms with E-state index in [0.29, 0.717) is 6.61 Å². The number of hydrogen-bond donors (Lipinski definition) is 1. The third kappa shape index (κ3) is 3.01. The van der Waals surface area contributed by atoms with Crippen molar-refractivity contribution >= 4 is 22.0 Å². The number of thiazole rings is 1. The van der Waals surface area contributed by atoms with E-state index in [9.17, 15) is 0 Å². The minimum atomic E-state index is 0.562. The highest BCUT2D eigenvalue weighted by molar-refractivity contribution is 7.15. The molecule has 0 amide bonds. The molecule has 0 unspecified atom stereocenters. The van der Waals surface area contributed by atoms with Crippen molar-refractivity contribution in [3.8, 4) is 0 Å². The van der Waals surface area contributed by atoms with Gasteiger partial charge in [-0.3, -0.25) is 4.98 Å². The standard InChI is InChI=1S/C12H15N3OS/c1-3-10-12(17-11(15-10)8-16-2)14-9-5-4-6-13-7-9/h4-7,14H,3,8H2,1-2H3. The molecule has 0 atom stereocenters. The molecule has 2 rings (SSSR count). The van der Waals surface area contributed by atoms with E-state index in [4.69, 9.17) is 4.74 Å². The first-order chi connectivity index (χ1) is 8.33. The molecule has 0 aliphatic carbocycles. The second-order valence-corrected chi connectivity index (χ2v) is 4.62. The van der Waals surface area contributed by atoms with Crippen LogP contribution in [0, 0.1) is 0 Å². The normalized spacial score (nSPS) is 10.5. The molecule has 0 fully saturated rings. The summed E-state index contributed by atoms with van der Waals surface area (Å²) in [6, 6.07) is 3.90. The fraction of sp³-hybridized carbons (Fsp3) is 0.333. The van der Waals surface area contributed by atoms with Gasteiger partial charge in [0.05, 0.1) is 24.2 Å². The minimum Gasteiger partial charge on any atom is -0.378 e. The molecule has 0 bridgehead atoms. The summed E-state index contributed by atoms with van der Waals surface area (Å²) in [6.45, 7) is 2.66. The molecule has 0 aromatic carbocycles. The Balaban J connectivity index is 2.19. The summed E-state index contributed by atoms with van der Waals surface area (Å²) in [7, 11) is 1.68. The van der Waals surface area contributed by atoms with Crippen molar-refractivity contribution in [2.24, 2.45) is 0 Å². The quantitative estimate of drug-likeness (QED) is 0.885. The van der Waals surface area contributed by atoms with Crippen LogP contribution in [0.3, 0.4) is 0 Å². The van der Waals surface area contributed by atoms with E-state index in [1.54, 1.807) is 30.8 Å². The average Bonchev–Trinajstić information content (AvgIpc) is 2.73. The number of hydrogen-bond acceptors (Lipinski definition) is 5. The topological polar surface area (TPSA) is 47.0 Å². The highest BCUT2D eigenvalue weighted by atomic mass is 32.1. The van der Waals surface area contributed by atoms with E-state index >= 15 is 0 Å². The smallest absolute Gasteiger partial charge is 0.121 e. The molecule has 2 aromatic rings. The highest BCUT2D eigenvalue weighted by Crippen LogP contribution is 2.28. The molecule has 1 N–H and O–H groups in total. The fourth-order valence-corrected chi connectivity index (χ4v) is 2.54. The molecule has 4 nitrogen and oxygen atoms in total. The highest BCUT2D eigenvalue weighted by Gasteiger charge is 2.09. The van der Waals surface area contributed by atoms with Crippen LogP contribution >= 0.6 is 11.3 Å². The van der Waals surface area contributed by atoms with Crippen LogP contribution in [0.25, 0.3) is 0 Å². The SMILES string of the molecule is CCc1nc(COC)sc1Nc1cccnc1. The van der Waals surface area contributed by atoms with Crippen molar-refractivity contribution in [3.63, 3.8) is 0 Å². The minimum absolute atomic E-state index is 0.562. The predicted octanol–water partition coefficient (Wildman–Crippen LogP) is 2.99. The lowest BCUT2D eigenvalue weighted by atomic mass is 10.3. The summed E-state index contributed by atoms with van der Waals surface area (Å²) in [4.78, 5) is 8.60. The number of aryl methyl sites for hydroxylation is 1. The van der Waals surface area contributed by atoms with Crippen LogP contribution in [0.1, 0.15) is 17.6 Å². The van der Waals surface area contributed by atoms with Gasteiger partial charge in [0, 0.05) is 13.3 Å². The van der Waals surface area contributed by atoms with Crippen LogP contribution in [0.15, 0.2) is 24.5 Å². The van der Waals surface area contributed by atoms with Crippen LogP contribution in [0.5, 0.6) is 0 Å². The molecule has 2 aromatic heterocycles. The summed E-state index contributed by atoms with van der Waals surface area (Å²) in [5, 5.41) is 5.41. The zero-order valence-corrected chi connectivity index (χ0v) is 10.8. The molecule has 17 heavy (non-hydrogen) atoms. The van der Waals surface area contributed by atoms with Crippen molar-refractivity contribution in [3.05, 3.63) is 35.2 Å². The van der Waals surface area contributed by atoms with Gasteiger partial charge in [0.2, 0.25) is 0 Å². The lowest BCUT2D eigenvalue weighted by Crippen LogP contribution is -1.92.